The molecule has 1 aliphatic heterocycles. The third kappa shape index (κ3) is 4.69. The first-order chi connectivity index (χ1) is 11.0. The zero-order valence-corrected chi connectivity index (χ0v) is 13.8. The minimum Gasteiger partial charge on any atom is -0.350 e. The second-order valence-corrected chi connectivity index (χ2v) is 6.09. The van der Waals surface area contributed by atoms with Crippen LogP contribution in [0.2, 0.25) is 0 Å². The van der Waals surface area contributed by atoms with Crippen LogP contribution in [-0.4, -0.2) is 46.0 Å². The average Bonchev–Trinajstić information content (AvgIpc) is 2.58. The average molecular weight is 336 g/mol. The maximum Gasteiger partial charge on any atom is 0.251 e. The van der Waals surface area contributed by atoms with Crippen LogP contribution in [0.5, 0.6) is 0 Å². The number of aromatic amines is 1. The molecule has 8 heteroatoms. The van der Waals surface area contributed by atoms with E-state index < -0.39 is 0 Å². The summed E-state index contributed by atoms with van der Waals surface area (Å²) in [6.07, 6.45) is 4.61. The van der Waals surface area contributed by atoms with Crippen molar-refractivity contribution < 1.29 is 9.59 Å². The number of hydrogen-bond acceptors (Lipinski definition) is 5. The highest BCUT2D eigenvalue weighted by Gasteiger charge is 2.27. The normalized spacial score (nSPS) is 17.6. The third-order valence-corrected chi connectivity index (χ3v) is 4.27. The van der Waals surface area contributed by atoms with E-state index >= 15 is 0 Å². The number of nitrogens with one attached hydrogen (secondary N) is 2. The van der Waals surface area contributed by atoms with Crippen LogP contribution in [0.1, 0.15) is 18.5 Å². The largest absolute Gasteiger partial charge is 0.350 e. The molecule has 1 saturated heterocycles. The molecule has 1 aromatic heterocycles. The molecule has 1 fully saturated rings. The summed E-state index contributed by atoms with van der Waals surface area (Å²) in [5, 5.41) is 3.31. The van der Waals surface area contributed by atoms with E-state index in [0.717, 1.165) is 12.8 Å². The Balaban J connectivity index is 1.94. The molecule has 7 nitrogen and oxygen atoms in total. The first kappa shape index (κ1) is 17.3. The summed E-state index contributed by atoms with van der Waals surface area (Å²) in [7, 11) is 0. The molecule has 2 rings (SSSR count). The van der Waals surface area contributed by atoms with Gasteiger partial charge < -0.3 is 15.2 Å². The Hall–Kier alpha value is -2.09. The fraction of sp³-hybridized carbons (Fsp3) is 0.467. The van der Waals surface area contributed by atoms with Crippen molar-refractivity contribution in [3.63, 3.8) is 0 Å². The van der Waals surface area contributed by atoms with Gasteiger partial charge in [0, 0.05) is 19.2 Å². The van der Waals surface area contributed by atoms with E-state index in [2.05, 4.69) is 21.9 Å². The predicted molar refractivity (Wildman–Crippen MR) is 88.0 cm³/mol. The van der Waals surface area contributed by atoms with Gasteiger partial charge in [-0.15, -0.1) is 0 Å². The summed E-state index contributed by atoms with van der Waals surface area (Å²) in [4.78, 5) is 43.9. The molecule has 0 aromatic carbocycles. The van der Waals surface area contributed by atoms with Crippen LogP contribution in [0.3, 0.4) is 0 Å². The Morgan fingerprint density at radius 3 is 3.09 bits per heavy atom. The van der Waals surface area contributed by atoms with Crippen molar-refractivity contribution in [3.05, 3.63) is 34.8 Å². The number of amides is 2. The molecule has 0 radical (unpaired) electrons. The molecule has 1 atom stereocenters. The summed E-state index contributed by atoms with van der Waals surface area (Å²) in [6, 6.07) is 1.37. The zero-order valence-electron chi connectivity index (χ0n) is 13.0. The van der Waals surface area contributed by atoms with Gasteiger partial charge in [0.15, 0.2) is 5.16 Å². The lowest BCUT2D eigenvalue weighted by molar-refractivity contribution is -0.132. The summed E-state index contributed by atoms with van der Waals surface area (Å²) >= 11 is 1.33. The number of hydrogen-bond donors (Lipinski definition) is 2. The number of H-pyrrole nitrogens is 1. The smallest absolute Gasteiger partial charge is 0.251 e. The summed E-state index contributed by atoms with van der Waals surface area (Å²) < 4.78 is 0. The summed E-state index contributed by atoms with van der Waals surface area (Å²) in [5.74, 6) is -0.516. The molecular formula is C15H20N4O3S. The van der Waals surface area contributed by atoms with E-state index in [1.54, 1.807) is 4.90 Å². The van der Waals surface area contributed by atoms with E-state index in [1.807, 2.05) is 6.26 Å². The molecular weight excluding hydrogens is 316 g/mol. The lowest BCUT2D eigenvalue weighted by atomic mass is 9.97. The highest BCUT2D eigenvalue weighted by molar-refractivity contribution is 7.98. The van der Waals surface area contributed by atoms with Gasteiger partial charge >= 0.3 is 0 Å². The van der Waals surface area contributed by atoms with Crippen LogP contribution in [0.15, 0.2) is 28.7 Å². The van der Waals surface area contributed by atoms with E-state index in [-0.39, 0.29) is 29.8 Å². The third-order valence-electron chi connectivity index (χ3n) is 3.69. The van der Waals surface area contributed by atoms with E-state index in [0.29, 0.717) is 23.9 Å². The van der Waals surface area contributed by atoms with Crippen LogP contribution in [0.25, 0.3) is 0 Å². The number of nitrogens with zero attached hydrogens (tertiary/aromatic N) is 2. The number of thioether (sulfide) groups is 1. The maximum atomic E-state index is 12.3. The van der Waals surface area contributed by atoms with Crippen molar-refractivity contribution >= 4 is 23.6 Å². The van der Waals surface area contributed by atoms with Gasteiger partial charge in [0.1, 0.15) is 0 Å². The summed E-state index contributed by atoms with van der Waals surface area (Å²) in [6.45, 7) is 4.72. The van der Waals surface area contributed by atoms with Crippen LogP contribution in [0.4, 0.5) is 0 Å². The maximum absolute atomic E-state index is 12.3. The fourth-order valence-corrected chi connectivity index (χ4v) is 2.92. The molecule has 2 heterocycles. The SMILES string of the molecule is C=CC(=O)N1CCCC(C(=O)NCc2cc(=O)[nH]c(SC)n2)C1. The van der Waals surface area contributed by atoms with Crippen LogP contribution in [-0.2, 0) is 16.1 Å². The van der Waals surface area contributed by atoms with E-state index in [9.17, 15) is 14.4 Å². The molecule has 23 heavy (non-hydrogen) atoms. The van der Waals surface area contributed by atoms with E-state index in [4.69, 9.17) is 0 Å². The highest BCUT2D eigenvalue weighted by atomic mass is 32.2. The highest BCUT2D eigenvalue weighted by Crippen LogP contribution is 2.17. The van der Waals surface area contributed by atoms with Gasteiger partial charge in [-0.05, 0) is 25.2 Å². The molecule has 0 saturated carbocycles. The van der Waals surface area contributed by atoms with Crippen molar-refractivity contribution in [2.45, 2.75) is 24.5 Å². The monoisotopic (exact) mass is 336 g/mol. The second kappa shape index (κ2) is 7.96. The Labute approximate surface area is 138 Å². The zero-order chi connectivity index (χ0) is 16.8. The minimum atomic E-state index is -0.242. The molecule has 1 aromatic rings. The van der Waals surface area contributed by atoms with Gasteiger partial charge in [-0.3, -0.25) is 14.4 Å². The fourth-order valence-electron chi connectivity index (χ4n) is 2.51. The number of rotatable bonds is 5. The van der Waals surface area contributed by atoms with Crippen molar-refractivity contribution in [2.75, 3.05) is 19.3 Å². The quantitative estimate of drug-likeness (QED) is 0.465. The Morgan fingerprint density at radius 1 is 1.61 bits per heavy atom. The molecule has 1 aliphatic rings. The van der Waals surface area contributed by atoms with Crippen molar-refractivity contribution in [1.82, 2.24) is 20.2 Å². The first-order valence-corrected chi connectivity index (χ1v) is 8.59. The van der Waals surface area contributed by atoms with E-state index in [1.165, 1.54) is 23.9 Å². The standard InChI is InChI=1S/C15H20N4O3S/c1-3-13(21)19-6-4-5-10(9-19)14(22)16-8-11-7-12(20)18-15(17-11)23-2/h3,7,10H,1,4-6,8-9H2,2H3,(H,16,22)(H,17,18,20). The number of carbonyl (C=O) groups excluding carboxylic acids is 2. The molecule has 0 bridgehead atoms. The Kier molecular flexibility index (Phi) is 5.97. The predicted octanol–water partition coefficient (Wildman–Crippen LogP) is 0.533. The number of carbonyl (C=O) groups is 2. The molecule has 1 unspecified atom stereocenters. The number of aromatic nitrogens is 2. The Bertz CT molecular complexity index is 658. The van der Waals surface area contributed by atoms with Gasteiger partial charge in [-0.1, -0.05) is 18.3 Å². The number of likely N-dealkylation sites (tertiary alicyclic amines) is 1. The van der Waals surface area contributed by atoms with Gasteiger partial charge in [0.25, 0.3) is 5.56 Å². The van der Waals surface area contributed by atoms with Gasteiger partial charge in [0.05, 0.1) is 18.2 Å². The minimum absolute atomic E-state index is 0.126. The lowest BCUT2D eigenvalue weighted by Gasteiger charge is -2.31. The summed E-state index contributed by atoms with van der Waals surface area (Å²) in [5.41, 5.74) is 0.273. The number of piperidine rings is 1. The molecule has 0 aliphatic carbocycles. The lowest BCUT2D eigenvalue weighted by Crippen LogP contribution is -2.44. The van der Waals surface area contributed by atoms with Gasteiger partial charge in [-0.2, -0.15) is 0 Å². The molecule has 2 amide bonds. The first-order valence-electron chi connectivity index (χ1n) is 7.36. The van der Waals surface area contributed by atoms with Crippen molar-refractivity contribution in [1.29, 1.82) is 0 Å². The van der Waals surface area contributed by atoms with Crippen molar-refractivity contribution in [3.8, 4) is 0 Å². The van der Waals surface area contributed by atoms with Crippen LogP contribution < -0.4 is 10.9 Å². The van der Waals surface area contributed by atoms with Crippen LogP contribution >= 0.6 is 11.8 Å². The molecule has 0 spiro atoms. The molecule has 2 N–H and O–H groups in total. The topological polar surface area (TPSA) is 95.2 Å². The van der Waals surface area contributed by atoms with Gasteiger partial charge in [0.2, 0.25) is 11.8 Å². The van der Waals surface area contributed by atoms with Crippen LogP contribution in [0, 0.1) is 5.92 Å². The second-order valence-electron chi connectivity index (χ2n) is 5.29. The Morgan fingerprint density at radius 2 is 2.39 bits per heavy atom. The van der Waals surface area contributed by atoms with Gasteiger partial charge in [-0.25, -0.2) is 4.98 Å². The molecule has 124 valence electrons. The van der Waals surface area contributed by atoms with Crippen molar-refractivity contribution in [2.24, 2.45) is 5.92 Å².